The van der Waals surface area contributed by atoms with Crippen LogP contribution in [0.4, 0.5) is 5.69 Å². The number of carboxylic acid groups (broad SMARTS) is 2. The van der Waals surface area contributed by atoms with Gasteiger partial charge >= 0.3 is 11.9 Å². The lowest BCUT2D eigenvalue weighted by molar-refractivity contribution is -0.144. The van der Waals surface area contributed by atoms with Gasteiger partial charge in [-0.1, -0.05) is 116 Å². The molecule has 0 fully saturated rings. The van der Waals surface area contributed by atoms with E-state index in [2.05, 4.69) is 28.2 Å². The molecule has 0 radical (unpaired) electrons. The highest BCUT2D eigenvalue weighted by molar-refractivity contribution is 7.85. The summed E-state index contributed by atoms with van der Waals surface area (Å²) in [4.78, 5) is 86.2. The molecule has 382 valence electrons. The Morgan fingerprint density at radius 3 is 1.55 bits per heavy atom. The molecule has 1 aromatic carbocycles. The SMILES string of the molecule is CCCCNc1ccc(C(=O)NCCCC[C@H](NC(=O)CC[C@H](CC(=O)[C@H](CCS(=O)(=O)O)NC(=O)CCCCCCCCCCCCCCCCCCCCC(=O)O)C(=O)O)C(N)=O)cc1. The molecular weight excluding hydrogens is 883 g/mol. The van der Waals surface area contributed by atoms with Gasteiger partial charge in [0, 0.05) is 50.0 Å². The van der Waals surface area contributed by atoms with E-state index < -0.39 is 82.2 Å². The molecule has 18 heteroatoms. The van der Waals surface area contributed by atoms with Gasteiger partial charge in [-0.05, 0) is 75.6 Å². The third kappa shape index (κ3) is 33.5. The van der Waals surface area contributed by atoms with Crippen molar-refractivity contribution in [3.8, 4) is 0 Å². The lowest BCUT2D eigenvalue weighted by Gasteiger charge is -2.20. The molecule has 0 aliphatic heterocycles. The van der Waals surface area contributed by atoms with E-state index in [1.54, 1.807) is 12.1 Å². The minimum absolute atomic E-state index is 0.0897. The second kappa shape index (κ2) is 37.4. The fourth-order valence-electron chi connectivity index (χ4n) is 7.72. The number of amides is 4. The number of aliphatic carboxylic acids is 2. The molecule has 3 atom stereocenters. The quantitative estimate of drug-likeness (QED) is 0.0229. The normalized spacial score (nSPS) is 12.7. The number of unbranched alkanes of at least 4 members (excludes halogenated alkanes) is 19. The van der Waals surface area contributed by atoms with Crippen molar-refractivity contribution in [2.75, 3.05) is 24.2 Å². The molecule has 0 bridgehead atoms. The zero-order valence-corrected chi connectivity index (χ0v) is 41.0. The number of hydrogen-bond donors (Lipinski definition) is 8. The summed E-state index contributed by atoms with van der Waals surface area (Å²) in [5.74, 6) is -7.21. The Balaban J connectivity index is 2.38. The first-order valence-electron chi connectivity index (χ1n) is 24.9. The largest absolute Gasteiger partial charge is 0.481 e. The van der Waals surface area contributed by atoms with Gasteiger partial charge in [0.15, 0.2) is 5.78 Å². The lowest BCUT2D eigenvalue weighted by atomic mass is 9.93. The van der Waals surface area contributed by atoms with E-state index >= 15 is 0 Å². The Morgan fingerprint density at radius 1 is 0.582 bits per heavy atom. The highest BCUT2D eigenvalue weighted by Crippen LogP contribution is 2.18. The predicted octanol–water partition coefficient (Wildman–Crippen LogP) is 7.86. The summed E-state index contributed by atoms with van der Waals surface area (Å²) < 4.78 is 32.3. The van der Waals surface area contributed by atoms with Crippen LogP contribution in [0, 0.1) is 5.92 Å². The summed E-state index contributed by atoms with van der Waals surface area (Å²) in [5, 5.41) is 29.7. The number of nitrogens with two attached hydrogens (primary N) is 1. The monoisotopic (exact) mass is 966 g/mol. The number of carboxylic acids is 2. The summed E-state index contributed by atoms with van der Waals surface area (Å²) in [6.07, 6.45) is 21.4. The Morgan fingerprint density at radius 2 is 1.07 bits per heavy atom. The van der Waals surface area contributed by atoms with Gasteiger partial charge in [0.25, 0.3) is 16.0 Å². The number of Topliss-reactive ketones (excluding diaryl/α,β-unsaturated/α-hetero) is 1. The summed E-state index contributed by atoms with van der Waals surface area (Å²) in [5.41, 5.74) is 6.94. The second-order valence-corrected chi connectivity index (χ2v) is 19.4. The summed E-state index contributed by atoms with van der Waals surface area (Å²) in [7, 11) is -4.50. The molecule has 17 nitrogen and oxygen atoms in total. The number of hydrogen-bond acceptors (Lipinski definition) is 10. The predicted molar refractivity (Wildman–Crippen MR) is 260 cm³/mol. The third-order valence-corrected chi connectivity index (χ3v) is 12.6. The third-order valence-electron chi connectivity index (χ3n) is 11.8. The first-order valence-corrected chi connectivity index (χ1v) is 26.6. The maximum atomic E-state index is 13.3. The van der Waals surface area contributed by atoms with Crippen molar-refractivity contribution in [3.63, 3.8) is 0 Å². The molecule has 0 aliphatic rings. The van der Waals surface area contributed by atoms with Gasteiger partial charge in [-0.15, -0.1) is 0 Å². The van der Waals surface area contributed by atoms with Gasteiger partial charge in [-0.2, -0.15) is 8.42 Å². The minimum Gasteiger partial charge on any atom is -0.481 e. The minimum atomic E-state index is -4.50. The number of rotatable bonds is 44. The van der Waals surface area contributed by atoms with Crippen molar-refractivity contribution in [1.29, 1.82) is 0 Å². The van der Waals surface area contributed by atoms with Crippen LogP contribution in [0.2, 0.25) is 0 Å². The fraction of sp³-hybridized carbons (Fsp3) is 0.735. The fourth-order valence-corrected chi connectivity index (χ4v) is 8.25. The van der Waals surface area contributed by atoms with E-state index in [-0.39, 0.29) is 38.0 Å². The zero-order chi connectivity index (χ0) is 49.7. The highest BCUT2D eigenvalue weighted by atomic mass is 32.2. The topological polar surface area (TPSA) is 288 Å². The van der Waals surface area contributed by atoms with Crippen LogP contribution in [-0.4, -0.2) is 95.5 Å². The van der Waals surface area contributed by atoms with Crippen LogP contribution < -0.4 is 27.0 Å². The smallest absolute Gasteiger partial charge is 0.306 e. The second-order valence-electron chi connectivity index (χ2n) is 17.8. The van der Waals surface area contributed by atoms with Crippen molar-refractivity contribution < 1.29 is 56.7 Å². The maximum Gasteiger partial charge on any atom is 0.306 e. The molecule has 0 aromatic heterocycles. The lowest BCUT2D eigenvalue weighted by Crippen LogP contribution is -2.45. The van der Waals surface area contributed by atoms with Crippen molar-refractivity contribution in [3.05, 3.63) is 29.8 Å². The number of carbonyl (C=O) groups is 7. The van der Waals surface area contributed by atoms with E-state index in [9.17, 15) is 51.6 Å². The van der Waals surface area contributed by atoms with Crippen LogP contribution >= 0.6 is 0 Å². The van der Waals surface area contributed by atoms with E-state index in [4.69, 9.17) is 10.8 Å². The van der Waals surface area contributed by atoms with Crippen molar-refractivity contribution in [1.82, 2.24) is 16.0 Å². The van der Waals surface area contributed by atoms with Crippen molar-refractivity contribution >= 4 is 57.2 Å². The number of carbonyl (C=O) groups excluding carboxylic acids is 5. The average Bonchev–Trinajstić information content (AvgIpc) is 3.27. The summed E-state index contributed by atoms with van der Waals surface area (Å²) in [6, 6.07) is 4.73. The summed E-state index contributed by atoms with van der Waals surface area (Å²) in [6.45, 7) is 3.27. The molecule has 0 unspecified atom stereocenters. The van der Waals surface area contributed by atoms with Crippen LogP contribution in [-0.2, 0) is 38.9 Å². The van der Waals surface area contributed by atoms with E-state index in [1.165, 1.54) is 57.8 Å². The van der Waals surface area contributed by atoms with Gasteiger partial charge in [0.2, 0.25) is 17.7 Å². The Bertz CT molecular complexity index is 1710. The first kappa shape index (κ1) is 60.4. The Labute approximate surface area is 399 Å². The molecular formula is C49H83N5O12S. The Kier molecular flexibility index (Phi) is 33.7. The van der Waals surface area contributed by atoms with E-state index in [0.29, 0.717) is 31.4 Å². The molecule has 0 heterocycles. The molecule has 1 rings (SSSR count). The van der Waals surface area contributed by atoms with E-state index in [0.717, 1.165) is 76.4 Å². The van der Waals surface area contributed by atoms with Crippen LogP contribution in [0.1, 0.15) is 203 Å². The number of ketones is 1. The summed E-state index contributed by atoms with van der Waals surface area (Å²) >= 11 is 0. The van der Waals surface area contributed by atoms with Gasteiger partial charge in [0.05, 0.1) is 17.7 Å². The van der Waals surface area contributed by atoms with Crippen LogP contribution in [0.15, 0.2) is 24.3 Å². The van der Waals surface area contributed by atoms with Gasteiger partial charge in [-0.3, -0.25) is 38.1 Å². The van der Waals surface area contributed by atoms with Crippen LogP contribution in [0.25, 0.3) is 0 Å². The van der Waals surface area contributed by atoms with E-state index in [1.807, 2.05) is 12.1 Å². The van der Waals surface area contributed by atoms with Crippen molar-refractivity contribution in [2.24, 2.45) is 11.7 Å². The molecule has 67 heavy (non-hydrogen) atoms. The molecule has 9 N–H and O–H groups in total. The van der Waals surface area contributed by atoms with Gasteiger partial charge < -0.3 is 37.2 Å². The molecule has 0 spiro atoms. The van der Waals surface area contributed by atoms with Crippen LogP contribution in [0.5, 0.6) is 0 Å². The zero-order valence-electron chi connectivity index (χ0n) is 40.2. The molecule has 1 aromatic rings. The molecule has 0 saturated heterocycles. The Hall–Kier alpha value is -4.58. The standard InChI is InChI=1S/C49H83N5O12S/c1-2-3-34-51-40-30-27-38(28-31-40)48(61)52-35-23-22-24-42(47(50)60)54-45(57)32-29-39(49(62)63)37-43(55)41(33-36-67(64,65)66)53-44(56)25-20-18-16-14-12-10-8-6-4-5-7-9-11-13-15-17-19-21-26-46(58)59/h27-28,30-31,39,41-42,51H,2-26,29,32-37H2,1H3,(H2,50,60)(H,52,61)(H,53,56)(H,54,57)(H,58,59)(H,62,63)(H,64,65,66)/t39-,41+,42+/m1/s1. The number of benzene rings is 1. The molecule has 0 aliphatic carbocycles. The average molecular weight is 966 g/mol. The van der Waals surface area contributed by atoms with Gasteiger partial charge in [-0.25, -0.2) is 0 Å². The molecule has 4 amide bonds. The first-order chi connectivity index (χ1) is 32.0. The maximum absolute atomic E-state index is 13.3. The number of nitrogens with one attached hydrogen (secondary N) is 4. The van der Waals surface area contributed by atoms with Crippen LogP contribution in [0.3, 0.4) is 0 Å². The van der Waals surface area contributed by atoms with Gasteiger partial charge in [0.1, 0.15) is 6.04 Å². The highest BCUT2D eigenvalue weighted by Gasteiger charge is 2.29. The van der Waals surface area contributed by atoms with Crippen molar-refractivity contribution in [2.45, 2.75) is 205 Å². The molecule has 0 saturated carbocycles. The number of primary amides is 1. The number of anilines is 1.